The molecule has 0 saturated heterocycles. The van der Waals surface area contributed by atoms with Gasteiger partial charge in [0.2, 0.25) is 0 Å². The molecule has 0 saturated carbocycles. The summed E-state index contributed by atoms with van der Waals surface area (Å²) in [5.74, 6) is 0. The fourth-order valence-electron chi connectivity index (χ4n) is 2.60. The molecule has 0 aliphatic heterocycles. The van der Waals surface area contributed by atoms with E-state index in [1.165, 1.54) is 16.6 Å². The highest BCUT2D eigenvalue weighted by atomic mass is 16.7. The molecule has 6 nitrogen and oxygen atoms in total. The Hall–Kier alpha value is -2.89. The van der Waals surface area contributed by atoms with Crippen molar-refractivity contribution in [1.82, 2.24) is 14.7 Å². The van der Waals surface area contributed by atoms with Crippen molar-refractivity contribution in [1.29, 1.82) is 0 Å². The summed E-state index contributed by atoms with van der Waals surface area (Å²) in [6.45, 7) is 3.27. The zero-order valence-electron chi connectivity index (χ0n) is 14.3. The van der Waals surface area contributed by atoms with Crippen LogP contribution in [0.2, 0.25) is 0 Å². The predicted octanol–water partition coefficient (Wildman–Crippen LogP) is 2.67. The van der Waals surface area contributed by atoms with E-state index in [1.807, 2.05) is 18.2 Å². The van der Waals surface area contributed by atoms with E-state index < -0.39 is 0 Å². The summed E-state index contributed by atoms with van der Waals surface area (Å²) >= 11 is 0. The molecule has 0 bridgehead atoms. The lowest BCUT2D eigenvalue weighted by Crippen LogP contribution is -2.28. The smallest absolute Gasteiger partial charge is 0.287 e. The van der Waals surface area contributed by atoms with Gasteiger partial charge in [0.05, 0.1) is 11.1 Å². The van der Waals surface area contributed by atoms with Gasteiger partial charge < -0.3 is 10.2 Å². The second kappa shape index (κ2) is 8.28. The molecule has 3 aromatic rings. The van der Waals surface area contributed by atoms with Crippen LogP contribution in [0, 0.1) is 0 Å². The molecule has 0 aliphatic rings. The molecule has 0 atom stereocenters. The highest BCUT2D eigenvalue weighted by Crippen LogP contribution is 2.18. The number of anilines is 1. The van der Waals surface area contributed by atoms with Gasteiger partial charge in [0.15, 0.2) is 5.65 Å². The number of rotatable bonds is 8. The topological polar surface area (TPSA) is 69.0 Å². The second-order valence-electron chi connectivity index (χ2n) is 5.80. The number of pyridine rings is 1. The lowest BCUT2D eigenvalue weighted by molar-refractivity contribution is 0.108. The molecule has 130 valence electrons. The van der Waals surface area contributed by atoms with E-state index in [-0.39, 0.29) is 5.56 Å². The number of hydrogen-bond acceptors (Lipinski definition) is 5. The summed E-state index contributed by atoms with van der Waals surface area (Å²) in [7, 11) is 0. The molecule has 0 spiro atoms. The van der Waals surface area contributed by atoms with Gasteiger partial charge >= 0.3 is 0 Å². The van der Waals surface area contributed by atoms with E-state index in [4.69, 9.17) is 4.84 Å². The van der Waals surface area contributed by atoms with E-state index in [1.54, 1.807) is 12.3 Å². The van der Waals surface area contributed by atoms with Crippen LogP contribution < -0.4 is 15.7 Å². The number of hydrogen-bond donors (Lipinski definition) is 1. The number of benzene rings is 1. The van der Waals surface area contributed by atoms with Gasteiger partial charge in [-0.05, 0) is 18.4 Å². The molecule has 0 unspecified atom stereocenters. The Morgan fingerprint density at radius 1 is 1.24 bits per heavy atom. The second-order valence-corrected chi connectivity index (χ2v) is 5.80. The maximum atomic E-state index is 12.4. The van der Waals surface area contributed by atoms with Crippen LogP contribution in [0.1, 0.15) is 25.3 Å². The Labute approximate surface area is 146 Å². The average molecular weight is 338 g/mol. The van der Waals surface area contributed by atoms with Gasteiger partial charge in [-0.2, -0.15) is 0 Å². The van der Waals surface area contributed by atoms with Gasteiger partial charge in [0, 0.05) is 18.8 Å². The molecule has 2 aromatic heterocycles. The maximum absolute atomic E-state index is 12.4. The van der Waals surface area contributed by atoms with Crippen LogP contribution in [-0.2, 0) is 6.42 Å². The first kappa shape index (κ1) is 17.0. The Kier molecular flexibility index (Phi) is 5.61. The molecular formula is C19H22N4O2. The zero-order valence-corrected chi connectivity index (χ0v) is 14.3. The average Bonchev–Trinajstić information content (AvgIpc) is 2.65. The quantitative estimate of drug-likeness (QED) is 0.640. The molecule has 3 rings (SSSR count). The fourth-order valence-corrected chi connectivity index (χ4v) is 2.60. The van der Waals surface area contributed by atoms with E-state index in [0.29, 0.717) is 18.8 Å². The van der Waals surface area contributed by atoms with Crippen LogP contribution in [-0.4, -0.2) is 27.9 Å². The van der Waals surface area contributed by atoms with E-state index in [9.17, 15) is 4.79 Å². The SMILES string of the molecule is CCCCOn1c(=O)cc(NCCc2ccccc2)c2cncnc21. The highest BCUT2D eigenvalue weighted by Gasteiger charge is 2.11. The summed E-state index contributed by atoms with van der Waals surface area (Å²) in [5, 5.41) is 4.09. The van der Waals surface area contributed by atoms with Gasteiger partial charge in [-0.15, -0.1) is 4.73 Å². The van der Waals surface area contributed by atoms with Crippen LogP contribution in [0.3, 0.4) is 0 Å². The summed E-state index contributed by atoms with van der Waals surface area (Å²) < 4.78 is 1.26. The van der Waals surface area contributed by atoms with Gasteiger partial charge in [-0.25, -0.2) is 9.97 Å². The molecule has 1 aromatic carbocycles. The van der Waals surface area contributed by atoms with Crippen molar-refractivity contribution in [2.75, 3.05) is 18.5 Å². The largest absolute Gasteiger partial charge is 0.409 e. The van der Waals surface area contributed by atoms with Crippen molar-refractivity contribution in [3.05, 3.63) is 64.8 Å². The molecule has 0 radical (unpaired) electrons. The Morgan fingerprint density at radius 3 is 2.88 bits per heavy atom. The summed E-state index contributed by atoms with van der Waals surface area (Å²) in [4.78, 5) is 26.3. The van der Waals surface area contributed by atoms with E-state index >= 15 is 0 Å². The van der Waals surface area contributed by atoms with Crippen LogP contribution in [0.25, 0.3) is 11.0 Å². The third-order valence-corrected chi connectivity index (χ3v) is 3.93. The first-order valence-electron chi connectivity index (χ1n) is 8.56. The van der Waals surface area contributed by atoms with Crippen LogP contribution in [0.5, 0.6) is 0 Å². The summed E-state index contributed by atoms with van der Waals surface area (Å²) in [6.07, 6.45) is 5.88. The van der Waals surface area contributed by atoms with Crippen LogP contribution in [0.15, 0.2) is 53.7 Å². The normalized spacial score (nSPS) is 10.8. The molecule has 0 amide bonds. The number of unbranched alkanes of at least 4 members (excludes halogenated alkanes) is 1. The van der Waals surface area contributed by atoms with Gasteiger partial charge in [0.1, 0.15) is 12.9 Å². The fraction of sp³-hybridized carbons (Fsp3) is 0.316. The first-order chi connectivity index (χ1) is 12.3. The maximum Gasteiger partial charge on any atom is 0.287 e. The molecule has 2 heterocycles. The van der Waals surface area contributed by atoms with Crippen molar-refractivity contribution in [3.63, 3.8) is 0 Å². The van der Waals surface area contributed by atoms with Crippen molar-refractivity contribution >= 4 is 16.7 Å². The predicted molar refractivity (Wildman–Crippen MR) is 98.8 cm³/mol. The standard InChI is InChI=1S/C19H22N4O2/c1-2-3-11-25-23-18(24)12-17(16-13-20-14-22-19(16)23)21-10-9-15-7-5-4-6-8-15/h4-8,12-14,21H,2-3,9-11H2,1H3. The zero-order chi connectivity index (χ0) is 17.5. The third kappa shape index (κ3) is 4.15. The number of aromatic nitrogens is 3. The number of fused-ring (bicyclic) bond motifs is 1. The van der Waals surface area contributed by atoms with Crippen LogP contribution >= 0.6 is 0 Å². The summed E-state index contributed by atoms with van der Waals surface area (Å²) in [6, 6.07) is 11.8. The van der Waals surface area contributed by atoms with Crippen molar-refractivity contribution in [2.24, 2.45) is 0 Å². The third-order valence-electron chi connectivity index (χ3n) is 3.93. The highest BCUT2D eigenvalue weighted by molar-refractivity contribution is 5.87. The van der Waals surface area contributed by atoms with Crippen molar-refractivity contribution in [3.8, 4) is 0 Å². The van der Waals surface area contributed by atoms with Crippen LogP contribution in [0.4, 0.5) is 5.69 Å². The molecule has 0 fully saturated rings. The molecule has 6 heteroatoms. The van der Waals surface area contributed by atoms with E-state index in [2.05, 4.69) is 34.3 Å². The van der Waals surface area contributed by atoms with Gasteiger partial charge in [-0.3, -0.25) is 4.79 Å². The number of nitrogens with zero attached hydrogens (tertiary/aromatic N) is 3. The van der Waals surface area contributed by atoms with Gasteiger partial charge in [-0.1, -0.05) is 43.7 Å². The molecule has 1 N–H and O–H groups in total. The van der Waals surface area contributed by atoms with E-state index in [0.717, 1.165) is 30.3 Å². The lowest BCUT2D eigenvalue weighted by Gasteiger charge is -2.14. The first-order valence-corrected chi connectivity index (χ1v) is 8.56. The molecule has 0 aliphatic carbocycles. The van der Waals surface area contributed by atoms with Crippen molar-refractivity contribution in [2.45, 2.75) is 26.2 Å². The lowest BCUT2D eigenvalue weighted by atomic mass is 10.1. The minimum atomic E-state index is -0.232. The Morgan fingerprint density at radius 2 is 2.08 bits per heavy atom. The summed E-state index contributed by atoms with van der Waals surface area (Å²) in [5.41, 5.74) is 2.23. The minimum absolute atomic E-state index is 0.232. The Balaban J connectivity index is 1.81. The number of nitrogens with one attached hydrogen (secondary N) is 1. The molecule has 25 heavy (non-hydrogen) atoms. The monoisotopic (exact) mass is 338 g/mol. The minimum Gasteiger partial charge on any atom is -0.409 e. The molecular weight excluding hydrogens is 316 g/mol. The Bertz CT molecular complexity index is 877. The van der Waals surface area contributed by atoms with Crippen molar-refractivity contribution < 1.29 is 4.84 Å². The van der Waals surface area contributed by atoms with Gasteiger partial charge in [0.25, 0.3) is 5.56 Å².